The molecule has 10 nitrogen and oxygen atoms in total. The zero-order valence-electron chi connectivity index (χ0n) is 34.7. The summed E-state index contributed by atoms with van der Waals surface area (Å²) >= 11 is 0. The third kappa shape index (κ3) is 9.93. The van der Waals surface area contributed by atoms with E-state index < -0.39 is 23.5 Å². The van der Waals surface area contributed by atoms with Crippen LogP contribution in [-0.4, -0.2) is 52.6 Å². The van der Waals surface area contributed by atoms with E-state index in [-0.39, 0.29) is 31.2 Å². The minimum atomic E-state index is -0.937. The second-order valence-electron chi connectivity index (χ2n) is 16.8. The van der Waals surface area contributed by atoms with Crippen molar-refractivity contribution in [1.82, 2.24) is 4.90 Å². The highest BCUT2D eigenvalue weighted by atomic mass is 16.6. The number of primary amides is 1. The first-order valence-electron chi connectivity index (χ1n) is 20.9. The average molecular weight is 810 g/mol. The van der Waals surface area contributed by atoms with Crippen molar-refractivity contribution in [2.45, 2.75) is 95.7 Å². The molecule has 0 fully saturated rings. The number of benzene rings is 5. The molecule has 10 heteroatoms. The number of fused-ring (bicyclic) bond motifs is 2. The maximum atomic E-state index is 13.4. The highest BCUT2D eigenvalue weighted by molar-refractivity contribution is 6.01. The fourth-order valence-corrected chi connectivity index (χ4v) is 8.51. The number of hydrogen-bond acceptors (Lipinski definition) is 8. The number of unbranched alkanes of at least 4 members (excludes halogenated alkanes) is 2. The predicted octanol–water partition coefficient (Wildman–Crippen LogP) is 9.06. The Kier molecular flexibility index (Phi) is 12.8. The summed E-state index contributed by atoms with van der Waals surface area (Å²) in [5.41, 5.74) is 20.0. The van der Waals surface area contributed by atoms with Crippen LogP contribution < -0.4 is 20.9 Å². The molecule has 60 heavy (non-hydrogen) atoms. The van der Waals surface area contributed by atoms with Gasteiger partial charge in [-0.1, -0.05) is 60.7 Å². The molecule has 3 atom stereocenters. The van der Waals surface area contributed by atoms with Crippen LogP contribution in [0, 0.1) is 0 Å². The number of rotatable bonds is 16. The van der Waals surface area contributed by atoms with Crippen molar-refractivity contribution < 1.29 is 33.7 Å². The van der Waals surface area contributed by atoms with E-state index in [0.29, 0.717) is 41.9 Å². The monoisotopic (exact) mass is 809 g/mol. The fourth-order valence-electron chi connectivity index (χ4n) is 8.51. The van der Waals surface area contributed by atoms with Crippen LogP contribution in [0.4, 0.5) is 5.69 Å². The van der Waals surface area contributed by atoms with Crippen molar-refractivity contribution in [3.05, 3.63) is 143 Å². The van der Waals surface area contributed by atoms with Gasteiger partial charge in [-0.15, -0.1) is 0 Å². The molecule has 7 rings (SSSR count). The molecule has 5 aromatic rings. The number of hydrogen-bond donors (Lipinski definition) is 3. The molecule has 5 N–H and O–H groups in total. The Bertz CT molecular complexity index is 2320. The molecule has 1 unspecified atom stereocenters. The molecule has 5 aromatic carbocycles. The zero-order chi connectivity index (χ0) is 42.4. The first-order chi connectivity index (χ1) is 28.8. The molecule has 1 aliphatic heterocycles. The zero-order valence-corrected chi connectivity index (χ0v) is 34.7. The summed E-state index contributed by atoms with van der Waals surface area (Å²) in [4.78, 5) is 39.6. The number of aryl methyl sites for hydroxylation is 1. The Morgan fingerprint density at radius 3 is 2.27 bits per heavy atom. The highest BCUT2D eigenvalue weighted by Crippen LogP contribution is 2.47. The van der Waals surface area contributed by atoms with Crippen molar-refractivity contribution in [3.8, 4) is 28.4 Å². The number of aromatic hydroxyl groups is 1. The molecular weight excluding hydrogens is 755 g/mol. The molecule has 2 aliphatic rings. The molecule has 312 valence electrons. The molecule has 1 heterocycles. The lowest BCUT2D eigenvalue weighted by molar-refractivity contribution is -0.155. The number of amides is 2. The second kappa shape index (κ2) is 18.3. The van der Waals surface area contributed by atoms with Crippen LogP contribution in [0.3, 0.4) is 0 Å². The van der Waals surface area contributed by atoms with Crippen LogP contribution in [-0.2, 0) is 27.3 Å². The molecule has 0 bridgehead atoms. The fraction of sp³-hybridized carbons (Fsp3) is 0.340. The summed E-state index contributed by atoms with van der Waals surface area (Å²) in [6, 6.07) is 35.2. The Morgan fingerprint density at radius 1 is 0.817 bits per heavy atom. The molecule has 0 radical (unpaired) electrons. The van der Waals surface area contributed by atoms with E-state index in [9.17, 15) is 19.5 Å². The summed E-state index contributed by atoms with van der Waals surface area (Å²) in [5.74, 6) is 0.874. The van der Waals surface area contributed by atoms with Gasteiger partial charge >= 0.3 is 5.97 Å². The van der Waals surface area contributed by atoms with Gasteiger partial charge in [-0.25, -0.2) is 0 Å². The molecule has 2 amide bonds. The van der Waals surface area contributed by atoms with E-state index in [1.807, 2.05) is 36.4 Å². The summed E-state index contributed by atoms with van der Waals surface area (Å²) in [6.07, 6.45) is 4.63. The standard InChI is InChI=1S/C50H55N3O7/c1-50(2,3)60-46(55)25-24-44(48(52)56)53-31-37-28-34(14-21-42(37)49(53)57)35-16-23-43(51)45(30-35)59-27-9-5-8-26-58-39-18-12-33(13-19-39)47-40(32-10-6-4-7-11-32)20-15-36-29-38(54)17-22-41(36)47/h4,6-7,10-14,16-19,21-23,28-30,40,44,47,54H,5,8-9,15,20,24-27,31,51H2,1-3H3,(H2,52,56)/t40-,44+,47?/m1/s1. The van der Waals surface area contributed by atoms with Crippen LogP contribution in [0.25, 0.3) is 11.1 Å². The third-order valence-corrected chi connectivity index (χ3v) is 11.4. The Morgan fingerprint density at radius 2 is 1.53 bits per heavy atom. The lowest BCUT2D eigenvalue weighted by Crippen LogP contribution is -2.45. The number of anilines is 1. The molecule has 0 spiro atoms. The topological polar surface area (TPSA) is 154 Å². The van der Waals surface area contributed by atoms with Gasteiger partial charge in [-0.05, 0) is 153 Å². The smallest absolute Gasteiger partial charge is 0.306 e. The molecule has 0 saturated heterocycles. The van der Waals surface area contributed by atoms with Crippen LogP contribution in [0.1, 0.15) is 109 Å². The Balaban J connectivity index is 0.892. The lowest BCUT2D eigenvalue weighted by atomic mass is 9.69. The minimum Gasteiger partial charge on any atom is -0.508 e. The number of carbonyl (C=O) groups is 3. The summed E-state index contributed by atoms with van der Waals surface area (Å²) in [5, 5.41) is 10.2. The summed E-state index contributed by atoms with van der Waals surface area (Å²) in [7, 11) is 0. The molecular formula is C50H55N3O7. The maximum absolute atomic E-state index is 13.4. The van der Waals surface area contributed by atoms with Crippen molar-refractivity contribution >= 4 is 23.5 Å². The van der Waals surface area contributed by atoms with Gasteiger partial charge in [0.25, 0.3) is 5.91 Å². The number of ether oxygens (including phenoxy) is 3. The van der Waals surface area contributed by atoms with Crippen molar-refractivity contribution in [2.24, 2.45) is 5.73 Å². The maximum Gasteiger partial charge on any atom is 0.306 e. The van der Waals surface area contributed by atoms with Gasteiger partial charge < -0.3 is 35.7 Å². The van der Waals surface area contributed by atoms with Gasteiger partial charge in [0.05, 0.1) is 18.9 Å². The number of esters is 1. The SMILES string of the molecule is CC(C)(C)OC(=O)CC[C@@H](C(N)=O)N1Cc2cc(-c3ccc(N)c(OCCCCCOc4ccc(C5c6ccc(O)cc6CC[C@@H]5c5ccccc5)cc4)c3)ccc2C1=O. The van der Waals surface area contributed by atoms with E-state index in [2.05, 4.69) is 60.7 Å². The molecule has 1 aliphatic carbocycles. The first-order valence-corrected chi connectivity index (χ1v) is 20.9. The molecule has 0 aromatic heterocycles. The average Bonchev–Trinajstić information content (AvgIpc) is 3.55. The van der Waals surface area contributed by atoms with Gasteiger partial charge in [-0.2, -0.15) is 0 Å². The first kappa shape index (κ1) is 41.9. The second-order valence-corrected chi connectivity index (χ2v) is 16.8. The lowest BCUT2D eigenvalue weighted by Gasteiger charge is -2.34. The summed E-state index contributed by atoms with van der Waals surface area (Å²) < 4.78 is 17.7. The Labute approximate surface area is 352 Å². The van der Waals surface area contributed by atoms with E-state index in [0.717, 1.165) is 54.5 Å². The van der Waals surface area contributed by atoms with Crippen LogP contribution in [0.5, 0.6) is 17.2 Å². The van der Waals surface area contributed by atoms with Crippen molar-refractivity contribution in [2.75, 3.05) is 18.9 Å². The third-order valence-electron chi connectivity index (χ3n) is 11.4. The van der Waals surface area contributed by atoms with Crippen molar-refractivity contribution in [3.63, 3.8) is 0 Å². The number of carbonyl (C=O) groups excluding carboxylic acids is 3. The van der Waals surface area contributed by atoms with Crippen molar-refractivity contribution in [1.29, 1.82) is 0 Å². The minimum absolute atomic E-state index is 0.0332. The Hall–Kier alpha value is -6.29. The van der Waals surface area contributed by atoms with E-state index >= 15 is 0 Å². The number of nitrogens with zero attached hydrogens (tertiary/aromatic N) is 1. The van der Waals surface area contributed by atoms with E-state index in [1.165, 1.54) is 27.2 Å². The quantitative estimate of drug-likeness (QED) is 0.0507. The normalized spacial score (nSPS) is 16.4. The van der Waals surface area contributed by atoms with Gasteiger partial charge in [0.1, 0.15) is 28.9 Å². The highest BCUT2D eigenvalue weighted by Gasteiger charge is 2.36. The van der Waals surface area contributed by atoms with Gasteiger partial charge in [0.15, 0.2) is 0 Å². The van der Waals surface area contributed by atoms with Crippen LogP contribution in [0.15, 0.2) is 109 Å². The van der Waals surface area contributed by atoms with E-state index in [1.54, 1.807) is 32.9 Å². The van der Waals surface area contributed by atoms with E-state index in [4.69, 9.17) is 25.7 Å². The number of nitrogens with two attached hydrogens (primary N) is 2. The van der Waals surface area contributed by atoms with Gasteiger partial charge in [0, 0.05) is 24.4 Å². The van der Waals surface area contributed by atoms with Gasteiger partial charge in [0.2, 0.25) is 5.91 Å². The van der Waals surface area contributed by atoms with Gasteiger partial charge in [-0.3, -0.25) is 14.4 Å². The number of phenolic OH excluding ortho intramolecular Hbond substituents is 1. The number of phenols is 1. The van der Waals surface area contributed by atoms with Crippen LogP contribution >= 0.6 is 0 Å². The summed E-state index contributed by atoms with van der Waals surface area (Å²) in [6.45, 7) is 6.62. The van der Waals surface area contributed by atoms with Crippen LogP contribution in [0.2, 0.25) is 0 Å². The molecule has 0 saturated carbocycles. The largest absolute Gasteiger partial charge is 0.508 e. The predicted molar refractivity (Wildman–Crippen MR) is 233 cm³/mol. The number of nitrogen functional groups attached to an aromatic ring is 1.